The van der Waals surface area contributed by atoms with Gasteiger partial charge in [-0.05, 0) is 43.4 Å². The Labute approximate surface area is 125 Å². The molecule has 21 heavy (non-hydrogen) atoms. The van der Waals surface area contributed by atoms with E-state index in [1.165, 1.54) is 0 Å². The first-order valence-electron chi connectivity index (χ1n) is 7.15. The Morgan fingerprint density at radius 2 is 2.14 bits per heavy atom. The number of amides is 1. The van der Waals surface area contributed by atoms with Crippen LogP contribution < -0.4 is 0 Å². The summed E-state index contributed by atoms with van der Waals surface area (Å²) in [4.78, 5) is 14.2. The summed E-state index contributed by atoms with van der Waals surface area (Å²) in [7, 11) is 1.79. The minimum atomic E-state index is -0.197. The molecule has 1 aliphatic rings. The van der Waals surface area contributed by atoms with Gasteiger partial charge in [-0.2, -0.15) is 0 Å². The number of hydrogen-bond acceptors (Lipinski definition) is 3. The smallest absolute Gasteiger partial charge is 0.253 e. The van der Waals surface area contributed by atoms with Gasteiger partial charge >= 0.3 is 0 Å². The molecular weight excluding hydrogens is 266 g/mol. The highest BCUT2D eigenvalue weighted by Gasteiger charge is 2.29. The van der Waals surface area contributed by atoms with E-state index in [-0.39, 0.29) is 18.6 Å². The fraction of sp³-hybridized carbons (Fsp3) is 0.471. The van der Waals surface area contributed by atoms with Crippen LogP contribution in [-0.2, 0) is 0 Å². The monoisotopic (exact) mass is 287 g/mol. The maximum absolute atomic E-state index is 12.5. The Balaban J connectivity index is 2.11. The predicted octanol–water partition coefficient (Wildman–Crippen LogP) is 1.18. The first-order chi connectivity index (χ1) is 10.0. The average molecular weight is 287 g/mol. The van der Waals surface area contributed by atoms with Crippen molar-refractivity contribution in [3.05, 3.63) is 34.9 Å². The summed E-state index contributed by atoms with van der Waals surface area (Å²) in [5, 5.41) is 18.1. The van der Waals surface area contributed by atoms with Gasteiger partial charge in [0.1, 0.15) is 6.61 Å². The Hall–Kier alpha value is -1.83. The summed E-state index contributed by atoms with van der Waals surface area (Å²) in [6.07, 6.45) is 1.36. The van der Waals surface area contributed by atoms with Crippen LogP contribution in [0.15, 0.2) is 18.2 Å². The van der Waals surface area contributed by atoms with E-state index in [9.17, 15) is 9.90 Å². The van der Waals surface area contributed by atoms with Gasteiger partial charge in [0.05, 0.1) is 6.10 Å². The zero-order valence-electron chi connectivity index (χ0n) is 12.5. The molecule has 0 aromatic heterocycles. The molecule has 1 fully saturated rings. The molecule has 0 unspecified atom stereocenters. The highest BCUT2D eigenvalue weighted by atomic mass is 16.3. The standard InChI is InChI=1S/C17H21NO3/c1-12-14(6-4-8-19)5-3-7-16(12)17(21)18(2)11-13-9-15(20)10-13/h3,5,7,13,15,19-20H,8-11H2,1-2H3. The number of benzene rings is 1. The van der Waals surface area contributed by atoms with Crippen LogP contribution in [0.25, 0.3) is 0 Å². The number of carbonyl (C=O) groups excluding carboxylic acids is 1. The lowest BCUT2D eigenvalue weighted by atomic mass is 9.82. The van der Waals surface area contributed by atoms with Gasteiger partial charge < -0.3 is 15.1 Å². The van der Waals surface area contributed by atoms with Gasteiger partial charge in [0.15, 0.2) is 0 Å². The SMILES string of the molecule is Cc1c(C#CCO)cccc1C(=O)N(C)CC1CC(O)C1. The summed E-state index contributed by atoms with van der Waals surface area (Å²) in [5.74, 6) is 5.84. The van der Waals surface area contributed by atoms with Crippen molar-refractivity contribution in [3.63, 3.8) is 0 Å². The van der Waals surface area contributed by atoms with Crippen LogP contribution in [0.5, 0.6) is 0 Å². The molecule has 4 heteroatoms. The van der Waals surface area contributed by atoms with Gasteiger partial charge in [-0.25, -0.2) is 0 Å². The molecule has 0 atom stereocenters. The van der Waals surface area contributed by atoms with E-state index in [1.807, 2.05) is 19.1 Å². The lowest BCUT2D eigenvalue weighted by Crippen LogP contribution is -2.39. The van der Waals surface area contributed by atoms with Gasteiger partial charge in [0, 0.05) is 24.7 Å². The van der Waals surface area contributed by atoms with E-state index in [1.54, 1.807) is 18.0 Å². The Morgan fingerprint density at radius 1 is 1.43 bits per heavy atom. The third-order valence-corrected chi connectivity index (χ3v) is 3.96. The third kappa shape index (κ3) is 3.63. The van der Waals surface area contributed by atoms with E-state index >= 15 is 0 Å². The zero-order valence-corrected chi connectivity index (χ0v) is 12.5. The fourth-order valence-corrected chi connectivity index (χ4v) is 2.66. The second kappa shape index (κ2) is 6.75. The second-order valence-electron chi connectivity index (χ2n) is 5.61. The molecule has 0 heterocycles. The van der Waals surface area contributed by atoms with Crippen molar-refractivity contribution in [3.8, 4) is 11.8 Å². The average Bonchev–Trinajstić information content (AvgIpc) is 2.43. The van der Waals surface area contributed by atoms with E-state index in [4.69, 9.17) is 5.11 Å². The number of hydrogen-bond donors (Lipinski definition) is 2. The molecule has 1 saturated carbocycles. The van der Waals surface area contributed by atoms with Crippen molar-refractivity contribution >= 4 is 5.91 Å². The van der Waals surface area contributed by atoms with E-state index in [0.717, 1.165) is 24.0 Å². The van der Waals surface area contributed by atoms with Gasteiger partial charge in [-0.3, -0.25) is 4.79 Å². The minimum absolute atomic E-state index is 0.0264. The molecule has 112 valence electrons. The van der Waals surface area contributed by atoms with Crippen molar-refractivity contribution in [2.45, 2.75) is 25.9 Å². The summed E-state index contributed by atoms with van der Waals surface area (Å²) in [5.41, 5.74) is 2.24. The largest absolute Gasteiger partial charge is 0.393 e. The highest BCUT2D eigenvalue weighted by Crippen LogP contribution is 2.28. The molecule has 1 aromatic rings. The number of aliphatic hydroxyl groups excluding tert-OH is 2. The van der Waals surface area contributed by atoms with Crippen LogP contribution in [0, 0.1) is 24.7 Å². The number of aliphatic hydroxyl groups is 2. The van der Waals surface area contributed by atoms with Crippen molar-refractivity contribution in [2.24, 2.45) is 5.92 Å². The lowest BCUT2D eigenvalue weighted by Gasteiger charge is -2.34. The van der Waals surface area contributed by atoms with E-state index in [0.29, 0.717) is 18.0 Å². The number of rotatable bonds is 3. The van der Waals surface area contributed by atoms with E-state index in [2.05, 4.69) is 11.8 Å². The molecule has 2 N–H and O–H groups in total. The molecule has 0 radical (unpaired) electrons. The molecule has 1 amide bonds. The third-order valence-electron chi connectivity index (χ3n) is 3.96. The minimum Gasteiger partial charge on any atom is -0.393 e. The first kappa shape index (κ1) is 15.6. The Morgan fingerprint density at radius 3 is 2.76 bits per heavy atom. The van der Waals surface area contributed by atoms with Gasteiger partial charge in [0.25, 0.3) is 5.91 Å². The molecule has 4 nitrogen and oxygen atoms in total. The van der Waals surface area contributed by atoms with Crippen molar-refractivity contribution in [1.29, 1.82) is 0 Å². The summed E-state index contributed by atoms with van der Waals surface area (Å²) >= 11 is 0. The molecule has 1 aromatic carbocycles. The molecule has 0 saturated heterocycles. The summed E-state index contributed by atoms with van der Waals surface area (Å²) < 4.78 is 0. The fourth-order valence-electron chi connectivity index (χ4n) is 2.66. The second-order valence-corrected chi connectivity index (χ2v) is 5.61. The topological polar surface area (TPSA) is 60.8 Å². The van der Waals surface area contributed by atoms with Crippen molar-refractivity contribution < 1.29 is 15.0 Å². The lowest BCUT2D eigenvalue weighted by molar-refractivity contribution is 0.0265. The van der Waals surface area contributed by atoms with Crippen LogP contribution in [0.4, 0.5) is 0 Å². The van der Waals surface area contributed by atoms with Gasteiger partial charge in [-0.15, -0.1) is 0 Å². The predicted molar refractivity (Wildman–Crippen MR) is 80.8 cm³/mol. The maximum Gasteiger partial charge on any atom is 0.253 e. The van der Waals surface area contributed by atoms with Crippen molar-refractivity contribution in [2.75, 3.05) is 20.2 Å². The van der Waals surface area contributed by atoms with Gasteiger partial charge in [-0.1, -0.05) is 17.9 Å². The molecular formula is C17H21NO3. The normalized spacial score (nSPS) is 20.2. The van der Waals surface area contributed by atoms with Crippen LogP contribution in [0.1, 0.15) is 34.3 Å². The van der Waals surface area contributed by atoms with E-state index < -0.39 is 0 Å². The Bertz CT molecular complexity index is 579. The first-order valence-corrected chi connectivity index (χ1v) is 7.15. The number of nitrogens with zero attached hydrogens (tertiary/aromatic N) is 1. The molecule has 1 aliphatic carbocycles. The summed E-state index contributed by atoms with van der Waals surface area (Å²) in [6, 6.07) is 5.45. The molecule has 0 bridgehead atoms. The molecule has 2 rings (SSSR count). The Kier molecular flexibility index (Phi) is 5.00. The zero-order chi connectivity index (χ0) is 15.4. The van der Waals surface area contributed by atoms with Crippen LogP contribution in [0.3, 0.4) is 0 Å². The summed E-state index contributed by atoms with van der Waals surface area (Å²) in [6.45, 7) is 2.35. The number of carbonyl (C=O) groups is 1. The van der Waals surface area contributed by atoms with Gasteiger partial charge in [0.2, 0.25) is 0 Å². The van der Waals surface area contributed by atoms with Crippen molar-refractivity contribution in [1.82, 2.24) is 4.90 Å². The quantitative estimate of drug-likeness (QED) is 0.821. The van der Waals surface area contributed by atoms with Crippen LogP contribution in [-0.4, -0.2) is 47.3 Å². The highest BCUT2D eigenvalue weighted by molar-refractivity contribution is 5.96. The molecule has 0 spiro atoms. The van der Waals surface area contributed by atoms with Crippen LogP contribution >= 0.6 is 0 Å². The van der Waals surface area contributed by atoms with Crippen LogP contribution in [0.2, 0.25) is 0 Å². The molecule has 0 aliphatic heterocycles. The maximum atomic E-state index is 12.5.